The summed E-state index contributed by atoms with van der Waals surface area (Å²) in [5.41, 5.74) is 1.80. The normalized spacial score (nSPS) is 35.4. The van der Waals surface area contributed by atoms with E-state index >= 15 is 0 Å². The van der Waals surface area contributed by atoms with Crippen molar-refractivity contribution in [2.75, 3.05) is 20.8 Å². The molecule has 4 atom stereocenters. The SMILES string of the molecule is COc1ccc2c(c1O)C13CCNC(C2)C1CC(OC)C(=O)C3. The van der Waals surface area contributed by atoms with Crippen LogP contribution in [0.4, 0.5) is 0 Å². The number of phenols is 1. The number of rotatable bonds is 2. The van der Waals surface area contributed by atoms with Crippen molar-refractivity contribution in [1.29, 1.82) is 0 Å². The maximum absolute atomic E-state index is 12.6. The Bertz CT molecular complexity index is 659. The standard InChI is InChI=1S/C18H23NO4/c1-22-14-4-3-10-7-12-11-8-15(23-2)13(20)9-18(11,5-6-19-12)16(10)17(14)21/h3-4,11-12,15,19,21H,5-9H2,1-2H3. The van der Waals surface area contributed by atoms with E-state index in [-0.39, 0.29) is 23.1 Å². The molecule has 1 saturated heterocycles. The molecule has 1 heterocycles. The number of ether oxygens (including phenoxy) is 2. The fraction of sp³-hybridized carbons (Fsp3) is 0.611. The van der Waals surface area contributed by atoms with Gasteiger partial charge in [-0.25, -0.2) is 0 Å². The highest BCUT2D eigenvalue weighted by Gasteiger charge is 2.57. The van der Waals surface area contributed by atoms with Gasteiger partial charge in [-0.05, 0) is 43.4 Å². The molecule has 1 aromatic carbocycles. The Balaban J connectivity index is 1.90. The molecule has 0 aromatic heterocycles. The predicted octanol–water partition coefficient (Wildman–Crippen LogP) is 1.55. The number of fused-ring (bicyclic) bond motifs is 1. The minimum atomic E-state index is -0.315. The van der Waals surface area contributed by atoms with Crippen molar-refractivity contribution in [3.63, 3.8) is 0 Å². The lowest BCUT2D eigenvalue weighted by molar-refractivity contribution is -0.138. The number of methoxy groups -OCH3 is 2. The van der Waals surface area contributed by atoms with E-state index in [4.69, 9.17) is 9.47 Å². The molecule has 0 radical (unpaired) electrons. The topological polar surface area (TPSA) is 67.8 Å². The fourth-order valence-corrected chi connectivity index (χ4v) is 5.17. The number of Topliss-reactive ketones (excluding diaryl/α,β-unsaturated/α-hetero) is 1. The molecule has 0 spiro atoms. The summed E-state index contributed by atoms with van der Waals surface area (Å²) in [6.45, 7) is 0.877. The van der Waals surface area contributed by atoms with Crippen LogP contribution in [0.25, 0.3) is 0 Å². The van der Waals surface area contributed by atoms with E-state index in [0.29, 0.717) is 24.1 Å². The van der Waals surface area contributed by atoms with Crippen LogP contribution < -0.4 is 10.1 Å². The second-order valence-electron chi connectivity index (χ2n) is 7.03. The number of ketones is 1. The van der Waals surface area contributed by atoms with Gasteiger partial charge in [-0.3, -0.25) is 4.79 Å². The molecular formula is C18H23NO4. The molecule has 5 nitrogen and oxygen atoms in total. The first-order valence-electron chi connectivity index (χ1n) is 8.29. The van der Waals surface area contributed by atoms with Crippen LogP contribution in [0.3, 0.4) is 0 Å². The molecule has 23 heavy (non-hydrogen) atoms. The second kappa shape index (κ2) is 5.21. The fourth-order valence-electron chi connectivity index (χ4n) is 5.17. The van der Waals surface area contributed by atoms with Gasteiger partial charge in [-0.15, -0.1) is 0 Å². The zero-order valence-electron chi connectivity index (χ0n) is 13.6. The summed E-state index contributed by atoms with van der Waals surface area (Å²) in [7, 11) is 3.18. The van der Waals surface area contributed by atoms with E-state index < -0.39 is 0 Å². The predicted molar refractivity (Wildman–Crippen MR) is 85.0 cm³/mol. The average Bonchev–Trinajstić information content (AvgIpc) is 2.53. The Labute approximate surface area is 136 Å². The van der Waals surface area contributed by atoms with Crippen molar-refractivity contribution in [3.8, 4) is 11.5 Å². The molecule has 1 saturated carbocycles. The largest absolute Gasteiger partial charge is 0.504 e. The van der Waals surface area contributed by atoms with Crippen LogP contribution in [0.5, 0.6) is 11.5 Å². The van der Waals surface area contributed by atoms with Crippen molar-refractivity contribution in [2.24, 2.45) is 5.92 Å². The Hall–Kier alpha value is -1.59. The van der Waals surface area contributed by atoms with Crippen molar-refractivity contribution in [3.05, 3.63) is 23.3 Å². The quantitative estimate of drug-likeness (QED) is 0.866. The molecule has 4 rings (SSSR count). The summed E-state index contributed by atoms with van der Waals surface area (Å²) >= 11 is 0. The highest BCUT2D eigenvalue weighted by atomic mass is 16.5. The molecule has 2 fully saturated rings. The monoisotopic (exact) mass is 317 g/mol. The average molecular weight is 317 g/mol. The molecule has 5 heteroatoms. The van der Waals surface area contributed by atoms with Crippen LogP contribution in [0.15, 0.2) is 12.1 Å². The second-order valence-corrected chi connectivity index (χ2v) is 7.03. The minimum Gasteiger partial charge on any atom is -0.504 e. The number of nitrogens with one attached hydrogen (secondary N) is 1. The molecule has 2 aliphatic carbocycles. The first-order valence-corrected chi connectivity index (χ1v) is 8.29. The van der Waals surface area contributed by atoms with E-state index in [0.717, 1.165) is 36.9 Å². The molecule has 2 N–H and O–H groups in total. The highest BCUT2D eigenvalue weighted by molar-refractivity contribution is 5.86. The molecule has 1 aliphatic heterocycles. The van der Waals surface area contributed by atoms with Crippen LogP contribution in [0.1, 0.15) is 30.4 Å². The van der Waals surface area contributed by atoms with Crippen molar-refractivity contribution in [2.45, 2.75) is 43.2 Å². The molecule has 2 bridgehead atoms. The number of piperidine rings is 1. The van der Waals surface area contributed by atoms with Gasteiger partial charge in [0.15, 0.2) is 17.3 Å². The van der Waals surface area contributed by atoms with Gasteiger partial charge in [0.05, 0.1) is 7.11 Å². The zero-order valence-corrected chi connectivity index (χ0v) is 13.6. The molecule has 3 aliphatic rings. The first kappa shape index (κ1) is 15.0. The molecular weight excluding hydrogens is 294 g/mol. The van der Waals surface area contributed by atoms with Crippen molar-refractivity contribution < 1.29 is 19.4 Å². The van der Waals surface area contributed by atoms with Gasteiger partial charge in [0.2, 0.25) is 0 Å². The Morgan fingerprint density at radius 3 is 2.91 bits per heavy atom. The third-order valence-electron chi connectivity index (χ3n) is 6.16. The summed E-state index contributed by atoms with van der Waals surface area (Å²) < 4.78 is 10.7. The molecule has 124 valence electrons. The van der Waals surface area contributed by atoms with Crippen LogP contribution >= 0.6 is 0 Å². The summed E-state index contributed by atoms with van der Waals surface area (Å²) in [5.74, 6) is 1.18. The molecule has 4 unspecified atom stereocenters. The number of hydrogen-bond donors (Lipinski definition) is 2. The summed E-state index contributed by atoms with van der Waals surface area (Å²) in [6, 6.07) is 4.21. The number of carbonyl (C=O) groups excluding carboxylic acids is 1. The van der Waals surface area contributed by atoms with Crippen LogP contribution in [0, 0.1) is 5.92 Å². The molecule has 0 amide bonds. The first-order chi connectivity index (χ1) is 11.1. The van der Waals surface area contributed by atoms with Crippen molar-refractivity contribution >= 4 is 5.78 Å². The van der Waals surface area contributed by atoms with Crippen molar-refractivity contribution in [1.82, 2.24) is 5.32 Å². The van der Waals surface area contributed by atoms with E-state index in [9.17, 15) is 9.90 Å². The van der Waals surface area contributed by atoms with Crippen LogP contribution in [-0.2, 0) is 21.4 Å². The number of carbonyl (C=O) groups is 1. The number of benzene rings is 1. The van der Waals surface area contributed by atoms with E-state index in [1.807, 2.05) is 12.1 Å². The maximum Gasteiger partial charge on any atom is 0.162 e. The third kappa shape index (κ3) is 1.96. The van der Waals surface area contributed by atoms with Gasteiger partial charge in [0.25, 0.3) is 0 Å². The highest BCUT2D eigenvalue weighted by Crippen LogP contribution is 2.57. The van der Waals surface area contributed by atoms with Gasteiger partial charge < -0.3 is 19.9 Å². The van der Waals surface area contributed by atoms with Crippen LogP contribution in [-0.4, -0.2) is 43.8 Å². The van der Waals surface area contributed by atoms with Gasteiger partial charge in [-0.2, -0.15) is 0 Å². The van der Waals surface area contributed by atoms with E-state index in [1.54, 1.807) is 14.2 Å². The number of aromatic hydroxyl groups is 1. The smallest absolute Gasteiger partial charge is 0.162 e. The van der Waals surface area contributed by atoms with E-state index in [2.05, 4.69) is 5.32 Å². The van der Waals surface area contributed by atoms with Gasteiger partial charge in [0, 0.05) is 30.6 Å². The maximum atomic E-state index is 12.6. The Morgan fingerprint density at radius 2 is 2.17 bits per heavy atom. The lowest BCUT2D eigenvalue weighted by Crippen LogP contribution is -2.62. The van der Waals surface area contributed by atoms with Gasteiger partial charge in [0.1, 0.15) is 6.10 Å². The Kier molecular flexibility index (Phi) is 3.39. The Morgan fingerprint density at radius 1 is 1.35 bits per heavy atom. The van der Waals surface area contributed by atoms with Crippen LogP contribution in [0.2, 0.25) is 0 Å². The van der Waals surface area contributed by atoms with E-state index in [1.165, 1.54) is 0 Å². The number of hydrogen-bond acceptors (Lipinski definition) is 5. The summed E-state index contributed by atoms with van der Waals surface area (Å²) in [4.78, 5) is 12.6. The lowest BCUT2D eigenvalue weighted by atomic mass is 9.52. The van der Waals surface area contributed by atoms with Gasteiger partial charge >= 0.3 is 0 Å². The summed E-state index contributed by atoms with van der Waals surface area (Å²) in [6.07, 6.45) is 2.60. The van der Waals surface area contributed by atoms with Gasteiger partial charge in [-0.1, -0.05) is 6.07 Å². The summed E-state index contributed by atoms with van der Waals surface area (Å²) in [5, 5.41) is 14.4. The minimum absolute atomic E-state index is 0.152. The lowest BCUT2D eigenvalue weighted by Gasteiger charge is -2.56. The zero-order chi connectivity index (χ0) is 16.2. The molecule has 1 aromatic rings. The number of phenolic OH excluding ortho intramolecular Hbond substituents is 1. The third-order valence-corrected chi connectivity index (χ3v) is 6.16.